The van der Waals surface area contributed by atoms with Gasteiger partial charge in [0, 0.05) is 25.3 Å². The standard InChI is InChI=1S/C15H21NO4/c1-11-5-3-6-13(9-11)14(18)16(7-4-8-17)10-12(2)15(19)20/h3,5-6,9,12,17H,4,7-8,10H2,1-2H3,(H,19,20). The average molecular weight is 279 g/mol. The smallest absolute Gasteiger partial charge is 0.308 e. The molecule has 0 spiro atoms. The predicted molar refractivity (Wildman–Crippen MR) is 75.6 cm³/mol. The van der Waals surface area contributed by atoms with Crippen LogP contribution in [0.5, 0.6) is 0 Å². The van der Waals surface area contributed by atoms with Crippen molar-refractivity contribution in [3.63, 3.8) is 0 Å². The monoisotopic (exact) mass is 279 g/mol. The molecule has 110 valence electrons. The number of carbonyl (C=O) groups excluding carboxylic acids is 1. The van der Waals surface area contributed by atoms with Crippen LogP contribution in [0, 0.1) is 12.8 Å². The fraction of sp³-hybridized carbons (Fsp3) is 0.467. The van der Waals surface area contributed by atoms with Crippen LogP contribution in [-0.2, 0) is 4.79 Å². The van der Waals surface area contributed by atoms with Crippen molar-refractivity contribution < 1.29 is 19.8 Å². The second kappa shape index (κ2) is 7.65. The first-order chi connectivity index (χ1) is 9.45. The van der Waals surface area contributed by atoms with E-state index in [2.05, 4.69) is 0 Å². The van der Waals surface area contributed by atoms with E-state index in [-0.39, 0.29) is 19.1 Å². The summed E-state index contributed by atoms with van der Waals surface area (Å²) < 4.78 is 0. The summed E-state index contributed by atoms with van der Waals surface area (Å²) >= 11 is 0. The molecule has 0 saturated carbocycles. The van der Waals surface area contributed by atoms with Gasteiger partial charge in [-0.05, 0) is 25.5 Å². The molecule has 0 saturated heterocycles. The number of nitrogens with zero attached hydrogens (tertiary/aromatic N) is 1. The number of carbonyl (C=O) groups is 2. The van der Waals surface area contributed by atoms with Crippen molar-refractivity contribution in [3.8, 4) is 0 Å². The number of aryl methyl sites for hydroxylation is 1. The highest BCUT2D eigenvalue weighted by atomic mass is 16.4. The molecule has 0 fully saturated rings. The molecular formula is C15H21NO4. The molecule has 1 amide bonds. The van der Waals surface area contributed by atoms with Crippen LogP contribution in [0.4, 0.5) is 0 Å². The zero-order valence-electron chi connectivity index (χ0n) is 11.9. The molecule has 5 nitrogen and oxygen atoms in total. The van der Waals surface area contributed by atoms with E-state index in [1.807, 2.05) is 13.0 Å². The lowest BCUT2D eigenvalue weighted by molar-refractivity contribution is -0.141. The number of amides is 1. The van der Waals surface area contributed by atoms with E-state index in [9.17, 15) is 9.59 Å². The highest BCUT2D eigenvalue weighted by Crippen LogP contribution is 2.11. The Bertz CT molecular complexity index is 473. The fourth-order valence-electron chi connectivity index (χ4n) is 1.91. The Labute approximate surface area is 118 Å². The summed E-state index contributed by atoms with van der Waals surface area (Å²) in [7, 11) is 0. The lowest BCUT2D eigenvalue weighted by atomic mass is 10.1. The Kier molecular flexibility index (Phi) is 6.18. The first kappa shape index (κ1) is 16.2. The molecule has 0 aliphatic heterocycles. The third-order valence-electron chi connectivity index (χ3n) is 3.05. The molecule has 1 rings (SSSR count). The third-order valence-corrected chi connectivity index (χ3v) is 3.05. The maximum absolute atomic E-state index is 12.4. The maximum atomic E-state index is 12.4. The van der Waals surface area contributed by atoms with Gasteiger partial charge in [-0.1, -0.05) is 24.6 Å². The van der Waals surface area contributed by atoms with Gasteiger partial charge in [0.1, 0.15) is 0 Å². The fourth-order valence-corrected chi connectivity index (χ4v) is 1.91. The molecule has 0 aromatic heterocycles. The first-order valence-corrected chi connectivity index (χ1v) is 6.65. The van der Waals surface area contributed by atoms with E-state index < -0.39 is 11.9 Å². The molecule has 20 heavy (non-hydrogen) atoms. The van der Waals surface area contributed by atoms with Crippen molar-refractivity contribution in [2.75, 3.05) is 19.7 Å². The van der Waals surface area contributed by atoms with E-state index in [0.29, 0.717) is 18.5 Å². The minimum Gasteiger partial charge on any atom is -0.481 e. The van der Waals surface area contributed by atoms with E-state index in [4.69, 9.17) is 10.2 Å². The van der Waals surface area contributed by atoms with Gasteiger partial charge in [-0.15, -0.1) is 0 Å². The summed E-state index contributed by atoms with van der Waals surface area (Å²) in [6.07, 6.45) is 0.434. The minimum atomic E-state index is -0.934. The molecule has 1 aromatic rings. The average Bonchev–Trinajstić information content (AvgIpc) is 2.42. The van der Waals surface area contributed by atoms with E-state index in [0.717, 1.165) is 5.56 Å². The highest BCUT2D eigenvalue weighted by molar-refractivity contribution is 5.94. The number of carboxylic acids is 1. The molecule has 1 aromatic carbocycles. The van der Waals surface area contributed by atoms with Crippen molar-refractivity contribution in [1.82, 2.24) is 4.90 Å². The Morgan fingerprint density at radius 2 is 2.05 bits per heavy atom. The molecular weight excluding hydrogens is 258 g/mol. The second-order valence-corrected chi connectivity index (χ2v) is 4.94. The van der Waals surface area contributed by atoms with E-state index in [1.165, 1.54) is 4.90 Å². The van der Waals surface area contributed by atoms with Crippen molar-refractivity contribution in [1.29, 1.82) is 0 Å². The summed E-state index contributed by atoms with van der Waals surface area (Å²) in [5.41, 5.74) is 1.52. The van der Waals surface area contributed by atoms with Gasteiger partial charge in [-0.2, -0.15) is 0 Å². The van der Waals surface area contributed by atoms with Crippen molar-refractivity contribution in [2.24, 2.45) is 5.92 Å². The highest BCUT2D eigenvalue weighted by Gasteiger charge is 2.21. The second-order valence-electron chi connectivity index (χ2n) is 4.94. The van der Waals surface area contributed by atoms with Gasteiger partial charge < -0.3 is 15.1 Å². The molecule has 5 heteroatoms. The molecule has 0 bridgehead atoms. The lowest BCUT2D eigenvalue weighted by Gasteiger charge is -2.24. The SMILES string of the molecule is Cc1cccc(C(=O)N(CCCO)CC(C)C(=O)O)c1. The Morgan fingerprint density at radius 3 is 2.60 bits per heavy atom. The van der Waals surface area contributed by atoms with Crippen LogP contribution in [0.3, 0.4) is 0 Å². The summed E-state index contributed by atoms with van der Waals surface area (Å²) in [6.45, 7) is 3.93. The van der Waals surface area contributed by atoms with Crippen LogP contribution in [0.1, 0.15) is 29.3 Å². The molecule has 0 aliphatic carbocycles. The summed E-state index contributed by atoms with van der Waals surface area (Å²) in [5.74, 6) is -1.77. The van der Waals surface area contributed by atoms with Crippen LogP contribution in [0.2, 0.25) is 0 Å². The van der Waals surface area contributed by atoms with Gasteiger partial charge in [0.25, 0.3) is 5.91 Å². The molecule has 1 atom stereocenters. The Balaban J connectivity index is 2.86. The number of aliphatic hydroxyl groups is 1. The third kappa shape index (κ3) is 4.66. The van der Waals surface area contributed by atoms with Gasteiger partial charge in [-0.3, -0.25) is 9.59 Å². The van der Waals surface area contributed by atoms with Gasteiger partial charge in [0.2, 0.25) is 0 Å². The van der Waals surface area contributed by atoms with Crippen LogP contribution in [-0.4, -0.2) is 46.7 Å². The maximum Gasteiger partial charge on any atom is 0.308 e. The van der Waals surface area contributed by atoms with Crippen LogP contribution >= 0.6 is 0 Å². The zero-order chi connectivity index (χ0) is 15.1. The minimum absolute atomic E-state index is 0.0287. The topological polar surface area (TPSA) is 77.8 Å². The largest absolute Gasteiger partial charge is 0.481 e. The first-order valence-electron chi connectivity index (χ1n) is 6.65. The number of aliphatic carboxylic acids is 1. The molecule has 0 aliphatic rings. The number of hydrogen-bond acceptors (Lipinski definition) is 3. The Hall–Kier alpha value is -1.88. The van der Waals surface area contributed by atoms with Crippen LogP contribution < -0.4 is 0 Å². The van der Waals surface area contributed by atoms with Gasteiger partial charge in [-0.25, -0.2) is 0 Å². The number of hydrogen-bond donors (Lipinski definition) is 2. The predicted octanol–water partition coefficient (Wildman–Crippen LogP) is 1.54. The van der Waals surface area contributed by atoms with Crippen LogP contribution in [0.25, 0.3) is 0 Å². The van der Waals surface area contributed by atoms with Crippen molar-refractivity contribution in [2.45, 2.75) is 20.3 Å². The molecule has 1 unspecified atom stereocenters. The number of aliphatic hydroxyl groups excluding tert-OH is 1. The lowest BCUT2D eigenvalue weighted by Crippen LogP contribution is -2.38. The Morgan fingerprint density at radius 1 is 1.35 bits per heavy atom. The van der Waals surface area contributed by atoms with E-state index >= 15 is 0 Å². The normalized spacial score (nSPS) is 11.9. The summed E-state index contributed by atoms with van der Waals surface area (Å²) in [6, 6.07) is 7.19. The quantitative estimate of drug-likeness (QED) is 0.793. The van der Waals surface area contributed by atoms with Gasteiger partial charge in [0.15, 0.2) is 0 Å². The molecule has 2 N–H and O–H groups in total. The van der Waals surface area contributed by atoms with Crippen LogP contribution in [0.15, 0.2) is 24.3 Å². The van der Waals surface area contributed by atoms with Crippen molar-refractivity contribution >= 4 is 11.9 Å². The number of carboxylic acid groups (broad SMARTS) is 1. The van der Waals surface area contributed by atoms with Gasteiger partial charge in [0.05, 0.1) is 5.92 Å². The van der Waals surface area contributed by atoms with Gasteiger partial charge >= 0.3 is 5.97 Å². The molecule has 0 radical (unpaired) electrons. The molecule has 0 heterocycles. The van der Waals surface area contributed by atoms with Crippen molar-refractivity contribution in [3.05, 3.63) is 35.4 Å². The summed E-state index contributed by atoms with van der Waals surface area (Å²) in [5, 5.41) is 17.9. The summed E-state index contributed by atoms with van der Waals surface area (Å²) in [4.78, 5) is 24.8. The van der Waals surface area contributed by atoms with E-state index in [1.54, 1.807) is 25.1 Å². The number of rotatable bonds is 7. The zero-order valence-corrected chi connectivity index (χ0v) is 11.9. The number of benzene rings is 1.